The van der Waals surface area contributed by atoms with Gasteiger partial charge in [-0.3, -0.25) is 9.40 Å². The smallest absolute Gasteiger partial charge is 0.383 e. The van der Waals surface area contributed by atoms with Gasteiger partial charge in [-0.2, -0.15) is 18.3 Å². The van der Waals surface area contributed by atoms with Gasteiger partial charge in [-0.1, -0.05) is 6.07 Å². The number of nitrogens with two attached hydrogens (primary N) is 1. The lowest BCUT2D eigenvalue weighted by Gasteiger charge is -2.30. The molecule has 0 amide bonds. The van der Waals surface area contributed by atoms with Crippen molar-refractivity contribution in [2.75, 3.05) is 30.7 Å². The van der Waals surface area contributed by atoms with Gasteiger partial charge in [0.25, 0.3) is 10.0 Å². The molecule has 0 radical (unpaired) electrons. The zero-order valence-electron chi connectivity index (χ0n) is 25.5. The second kappa shape index (κ2) is 13.1. The minimum Gasteiger partial charge on any atom is -0.383 e. The Morgan fingerprint density at radius 3 is 2.46 bits per heavy atom. The topological polar surface area (TPSA) is 124 Å². The normalized spacial score (nSPS) is 17.6. The number of hydrogen-bond donors (Lipinski definition) is 3. The predicted molar refractivity (Wildman–Crippen MR) is 165 cm³/mol. The van der Waals surface area contributed by atoms with Crippen molar-refractivity contribution in [1.29, 1.82) is 0 Å². The molecule has 2 aromatic carbocycles. The molecule has 0 unspecified atom stereocenters. The molecule has 15 heteroatoms. The molecule has 4 aromatic rings. The summed E-state index contributed by atoms with van der Waals surface area (Å²) >= 11 is 0. The first-order valence-electron chi connectivity index (χ1n) is 14.8. The molecule has 4 N–H and O–H groups in total. The molecule has 5 rings (SSSR count). The molecule has 9 nitrogen and oxygen atoms in total. The highest BCUT2D eigenvalue weighted by atomic mass is 32.2. The lowest BCUT2D eigenvalue weighted by molar-refractivity contribution is -0.137. The third kappa shape index (κ3) is 6.81. The number of nitrogens with one attached hydrogen (secondary N) is 2. The van der Waals surface area contributed by atoms with Crippen molar-refractivity contribution in [3.8, 4) is 11.3 Å². The molecule has 0 spiro atoms. The van der Waals surface area contributed by atoms with E-state index in [9.17, 15) is 21.6 Å². The molecule has 248 valence electrons. The molecular formula is C31H35F5N6O3S. The van der Waals surface area contributed by atoms with E-state index >= 15 is 8.78 Å². The van der Waals surface area contributed by atoms with E-state index in [-0.39, 0.29) is 29.0 Å². The average molecular weight is 667 g/mol. The average Bonchev–Trinajstić information content (AvgIpc) is 3.41. The fourth-order valence-corrected chi connectivity index (χ4v) is 7.01. The van der Waals surface area contributed by atoms with Crippen LogP contribution >= 0.6 is 0 Å². The van der Waals surface area contributed by atoms with Crippen molar-refractivity contribution in [3.63, 3.8) is 0 Å². The van der Waals surface area contributed by atoms with E-state index in [4.69, 9.17) is 10.5 Å². The Morgan fingerprint density at radius 2 is 1.80 bits per heavy atom. The fraction of sp³-hybridized carbons (Fsp3) is 0.419. The molecule has 0 aliphatic heterocycles. The van der Waals surface area contributed by atoms with Crippen LogP contribution in [0.3, 0.4) is 0 Å². The van der Waals surface area contributed by atoms with Crippen LogP contribution in [-0.4, -0.2) is 49.5 Å². The fourth-order valence-electron chi connectivity index (χ4n) is 5.90. The number of nitrogens with zero attached hydrogens (tertiary/aromatic N) is 3. The first-order valence-corrected chi connectivity index (χ1v) is 16.3. The summed E-state index contributed by atoms with van der Waals surface area (Å²) < 4.78 is 105. The lowest BCUT2D eigenvalue weighted by Crippen LogP contribution is -2.34. The van der Waals surface area contributed by atoms with Crippen molar-refractivity contribution < 1.29 is 35.1 Å². The Bertz CT molecular complexity index is 1840. The van der Waals surface area contributed by atoms with E-state index in [1.807, 2.05) is 18.6 Å². The highest BCUT2D eigenvalue weighted by Crippen LogP contribution is 2.42. The second-order valence-corrected chi connectivity index (χ2v) is 13.3. The summed E-state index contributed by atoms with van der Waals surface area (Å²) in [5.41, 5.74) is 5.67. The molecule has 0 saturated heterocycles. The number of fused-ring (bicyclic) bond motifs is 1. The molecule has 0 atom stereocenters. The monoisotopic (exact) mass is 666 g/mol. The number of rotatable bonds is 10. The van der Waals surface area contributed by atoms with Crippen LogP contribution in [-0.2, 0) is 20.9 Å². The Morgan fingerprint density at radius 1 is 1.09 bits per heavy atom. The van der Waals surface area contributed by atoms with Crippen LogP contribution in [0.25, 0.3) is 22.2 Å². The van der Waals surface area contributed by atoms with E-state index in [0.717, 1.165) is 56.0 Å². The number of halogens is 5. The summed E-state index contributed by atoms with van der Waals surface area (Å²) in [6.07, 6.45) is 0.514. The quantitative estimate of drug-likeness (QED) is 0.128. The maximum atomic E-state index is 15.7. The Balaban J connectivity index is 1.50. The van der Waals surface area contributed by atoms with Crippen LogP contribution in [0.5, 0.6) is 0 Å². The third-order valence-corrected chi connectivity index (χ3v) is 9.57. The van der Waals surface area contributed by atoms with E-state index in [2.05, 4.69) is 15.4 Å². The van der Waals surface area contributed by atoms with Gasteiger partial charge in [-0.05, 0) is 75.3 Å². The lowest BCUT2D eigenvalue weighted by atomic mass is 9.81. The summed E-state index contributed by atoms with van der Waals surface area (Å²) in [7, 11) is -3.05. The van der Waals surface area contributed by atoms with Crippen molar-refractivity contribution in [1.82, 2.24) is 20.1 Å². The zero-order valence-corrected chi connectivity index (χ0v) is 26.3. The first-order chi connectivity index (χ1) is 21.7. The molecule has 1 aliphatic rings. The summed E-state index contributed by atoms with van der Waals surface area (Å²) in [6, 6.07) is 4.52. The number of nitrogen functional groups attached to an aromatic ring is 1. The van der Waals surface area contributed by atoms with Crippen molar-refractivity contribution >= 4 is 32.4 Å². The predicted octanol–water partition coefficient (Wildman–Crippen LogP) is 6.62. The summed E-state index contributed by atoms with van der Waals surface area (Å²) in [4.78, 5) is 3.64. The van der Waals surface area contributed by atoms with Crippen molar-refractivity contribution in [2.45, 2.75) is 68.6 Å². The number of sulfonamides is 1. The number of methoxy groups -OCH3 is 1. The van der Waals surface area contributed by atoms with E-state index in [1.54, 1.807) is 18.0 Å². The van der Waals surface area contributed by atoms with Crippen molar-refractivity contribution in [2.24, 2.45) is 0 Å². The van der Waals surface area contributed by atoms with Gasteiger partial charge in [0.05, 0.1) is 33.7 Å². The number of hydrogen-bond acceptors (Lipinski definition) is 7. The molecule has 46 heavy (non-hydrogen) atoms. The maximum Gasteiger partial charge on any atom is 0.416 e. The molecule has 1 saturated carbocycles. The van der Waals surface area contributed by atoms with Crippen molar-refractivity contribution in [3.05, 3.63) is 65.4 Å². The highest BCUT2D eigenvalue weighted by Gasteiger charge is 2.32. The van der Waals surface area contributed by atoms with Gasteiger partial charge in [0.1, 0.15) is 23.1 Å². The number of alkyl halides is 3. The van der Waals surface area contributed by atoms with Gasteiger partial charge >= 0.3 is 6.18 Å². The molecular weight excluding hydrogens is 631 g/mol. The number of aromatic nitrogens is 3. The van der Waals surface area contributed by atoms with Crippen LogP contribution < -0.4 is 15.8 Å². The van der Waals surface area contributed by atoms with Gasteiger partial charge in [0, 0.05) is 43.6 Å². The molecule has 2 aromatic heterocycles. The van der Waals surface area contributed by atoms with Gasteiger partial charge in [-0.15, -0.1) is 0 Å². The standard InChI is InChI=1S/C31H35F5N6O3S/c1-17(2)42-29-23(18-7-9-20(10-8-18)38-11-12-45-3)16-39-30(37)27(29)28(40-42)22-14-25(33)26(15-24(22)32)41-46(43,44)21-6-4-5-19(13-21)31(34,35)36/h4-6,13-18,20,38,41H,7-12H2,1-3H3,(H2,37,39)/t18-,20-. The number of ether oxygens (including phenoxy) is 1. The highest BCUT2D eigenvalue weighted by molar-refractivity contribution is 7.92. The minimum absolute atomic E-state index is 0.0363. The SMILES string of the molecule is COCCN[C@H]1CC[C@H](c2cnc(N)c3c(-c4cc(F)c(NS(=O)(=O)c5cccc(C(F)(F)F)c5)cc4F)nn(C(C)C)c32)CC1. The summed E-state index contributed by atoms with van der Waals surface area (Å²) in [6.45, 7) is 5.18. The van der Waals surface area contributed by atoms with Crippen LogP contribution in [0.2, 0.25) is 0 Å². The summed E-state index contributed by atoms with van der Waals surface area (Å²) in [5.74, 6) is -1.98. The third-order valence-electron chi connectivity index (χ3n) is 8.21. The van der Waals surface area contributed by atoms with Crippen LogP contribution in [0.15, 0.2) is 47.5 Å². The van der Waals surface area contributed by atoms with Gasteiger partial charge in [0.15, 0.2) is 0 Å². The Labute approximate surface area is 263 Å². The van der Waals surface area contributed by atoms with Gasteiger partial charge in [0.2, 0.25) is 0 Å². The van der Waals surface area contributed by atoms with Gasteiger partial charge < -0.3 is 15.8 Å². The van der Waals surface area contributed by atoms with E-state index in [1.165, 1.54) is 0 Å². The Hall–Kier alpha value is -3.82. The number of anilines is 2. The van der Waals surface area contributed by atoms with E-state index in [0.29, 0.717) is 41.8 Å². The maximum absolute atomic E-state index is 15.7. The minimum atomic E-state index is -4.80. The Kier molecular flexibility index (Phi) is 9.57. The molecule has 1 aliphatic carbocycles. The number of pyridine rings is 1. The van der Waals surface area contributed by atoms with Crippen LogP contribution in [0.4, 0.5) is 33.5 Å². The number of benzene rings is 2. The van der Waals surface area contributed by atoms with Crippen LogP contribution in [0, 0.1) is 11.6 Å². The first kappa shape index (κ1) is 33.5. The largest absolute Gasteiger partial charge is 0.416 e. The zero-order chi connectivity index (χ0) is 33.4. The van der Waals surface area contributed by atoms with Gasteiger partial charge in [-0.25, -0.2) is 22.2 Å². The second-order valence-electron chi connectivity index (χ2n) is 11.6. The molecule has 0 bridgehead atoms. The van der Waals surface area contributed by atoms with E-state index < -0.39 is 44.0 Å². The summed E-state index contributed by atoms with van der Waals surface area (Å²) in [5, 5.41) is 8.49. The molecule has 1 fully saturated rings. The van der Waals surface area contributed by atoms with Crippen LogP contribution in [0.1, 0.15) is 62.6 Å². The molecule has 2 heterocycles.